The van der Waals surface area contributed by atoms with Crippen LogP contribution in [0.25, 0.3) is 0 Å². The zero-order valence-electron chi connectivity index (χ0n) is 10.8. The zero-order chi connectivity index (χ0) is 13.4. The van der Waals surface area contributed by atoms with Gasteiger partial charge in [0.25, 0.3) is 0 Å². The van der Waals surface area contributed by atoms with E-state index in [0.717, 1.165) is 24.0 Å². The lowest BCUT2D eigenvalue weighted by atomic mass is 9.61. The summed E-state index contributed by atoms with van der Waals surface area (Å²) in [5.41, 5.74) is 0.731. The number of aryl methyl sites for hydroxylation is 1. The molecule has 0 bridgehead atoms. The highest BCUT2D eigenvalue weighted by molar-refractivity contribution is 5.33. The number of nitriles is 1. The summed E-state index contributed by atoms with van der Waals surface area (Å²) in [4.78, 5) is 0. The summed E-state index contributed by atoms with van der Waals surface area (Å²) in [5, 5.41) is 19.4. The number of rotatable bonds is 2. The van der Waals surface area contributed by atoms with Crippen molar-refractivity contribution in [1.82, 2.24) is 0 Å². The van der Waals surface area contributed by atoms with Gasteiger partial charge >= 0.3 is 0 Å². The smallest absolute Gasteiger partial charge is 0.123 e. The van der Waals surface area contributed by atoms with Crippen molar-refractivity contribution >= 4 is 0 Å². The van der Waals surface area contributed by atoms with E-state index in [4.69, 9.17) is 5.26 Å². The van der Waals surface area contributed by atoms with Gasteiger partial charge in [0.1, 0.15) is 5.82 Å². The minimum atomic E-state index is -0.908. The molecule has 0 radical (unpaired) electrons. The number of benzene rings is 1. The number of hydrogen-bond donors (Lipinski definition) is 1. The van der Waals surface area contributed by atoms with Gasteiger partial charge < -0.3 is 5.11 Å². The van der Waals surface area contributed by atoms with Crippen LogP contribution in [0.5, 0.6) is 0 Å². The van der Waals surface area contributed by atoms with E-state index in [2.05, 4.69) is 6.07 Å². The molecule has 0 unspecified atom stereocenters. The van der Waals surface area contributed by atoms with E-state index in [1.54, 1.807) is 26.0 Å². The van der Waals surface area contributed by atoms with E-state index in [1.165, 1.54) is 6.07 Å². The second-order valence-electron chi connectivity index (χ2n) is 5.76. The van der Waals surface area contributed by atoms with Gasteiger partial charge in [-0.3, -0.25) is 0 Å². The van der Waals surface area contributed by atoms with Gasteiger partial charge in [-0.1, -0.05) is 6.07 Å². The normalized spacial score (nSPS) is 23.3. The van der Waals surface area contributed by atoms with E-state index in [0.29, 0.717) is 12.8 Å². The molecular formula is C15H18FNO. The van der Waals surface area contributed by atoms with Crippen molar-refractivity contribution in [2.45, 2.75) is 45.1 Å². The van der Waals surface area contributed by atoms with Gasteiger partial charge in [0.2, 0.25) is 0 Å². The Balaban J connectivity index is 2.39. The molecule has 2 rings (SSSR count). The molecule has 1 aliphatic carbocycles. The molecule has 1 aromatic rings. The van der Waals surface area contributed by atoms with Crippen molar-refractivity contribution in [3.63, 3.8) is 0 Å². The third-order valence-corrected chi connectivity index (χ3v) is 4.29. The first-order valence-electron chi connectivity index (χ1n) is 6.25. The van der Waals surface area contributed by atoms with E-state index < -0.39 is 11.0 Å². The molecular weight excluding hydrogens is 229 g/mol. The van der Waals surface area contributed by atoms with Crippen molar-refractivity contribution in [2.24, 2.45) is 5.41 Å². The van der Waals surface area contributed by atoms with Gasteiger partial charge in [-0.2, -0.15) is 5.26 Å². The molecule has 0 aliphatic heterocycles. The molecule has 0 saturated heterocycles. The summed E-state index contributed by atoms with van der Waals surface area (Å²) in [7, 11) is 0. The van der Waals surface area contributed by atoms with E-state index in [1.807, 2.05) is 0 Å². The second kappa shape index (κ2) is 4.37. The largest absolute Gasteiger partial charge is 0.390 e. The zero-order valence-corrected chi connectivity index (χ0v) is 10.8. The molecule has 0 fully saturated rings. The Morgan fingerprint density at radius 1 is 1.44 bits per heavy atom. The molecule has 2 nitrogen and oxygen atoms in total. The Bertz CT molecular complexity index is 498. The van der Waals surface area contributed by atoms with Crippen LogP contribution in [0.2, 0.25) is 0 Å². The predicted molar refractivity (Wildman–Crippen MR) is 67.4 cm³/mol. The van der Waals surface area contributed by atoms with Gasteiger partial charge in [-0.25, -0.2) is 4.39 Å². The SMILES string of the molecule is CC(C)(O)[C@@]1(CC#N)CCc2cc(F)ccc2C1. The molecule has 0 amide bonds. The van der Waals surface area contributed by atoms with Crippen LogP contribution in [-0.4, -0.2) is 10.7 Å². The number of fused-ring (bicyclic) bond motifs is 1. The molecule has 18 heavy (non-hydrogen) atoms. The van der Waals surface area contributed by atoms with E-state index in [-0.39, 0.29) is 5.82 Å². The number of nitrogens with zero attached hydrogens (tertiary/aromatic N) is 1. The van der Waals surface area contributed by atoms with Crippen LogP contribution in [-0.2, 0) is 12.8 Å². The van der Waals surface area contributed by atoms with E-state index >= 15 is 0 Å². The average Bonchev–Trinajstić information content (AvgIpc) is 2.28. The first-order chi connectivity index (χ1) is 8.38. The molecule has 1 N–H and O–H groups in total. The lowest BCUT2D eigenvalue weighted by molar-refractivity contribution is -0.0619. The maximum Gasteiger partial charge on any atom is 0.123 e. The Labute approximate surface area is 107 Å². The van der Waals surface area contributed by atoms with Gasteiger partial charge in [-0.05, 0) is 56.4 Å². The summed E-state index contributed by atoms with van der Waals surface area (Å²) in [6.07, 6.45) is 2.41. The van der Waals surface area contributed by atoms with Crippen LogP contribution >= 0.6 is 0 Å². The third kappa shape index (κ3) is 2.13. The monoisotopic (exact) mass is 247 g/mol. The van der Waals surface area contributed by atoms with Crippen LogP contribution in [0.15, 0.2) is 18.2 Å². The van der Waals surface area contributed by atoms with Crippen molar-refractivity contribution in [3.05, 3.63) is 35.1 Å². The summed E-state index contributed by atoms with van der Waals surface area (Å²) >= 11 is 0. The molecule has 0 heterocycles. The van der Waals surface area contributed by atoms with Crippen molar-refractivity contribution in [3.8, 4) is 6.07 Å². The summed E-state index contributed by atoms with van der Waals surface area (Å²) < 4.78 is 13.2. The van der Waals surface area contributed by atoms with Gasteiger partial charge in [0.05, 0.1) is 11.7 Å². The summed E-state index contributed by atoms with van der Waals surface area (Å²) in [6.45, 7) is 3.53. The highest BCUT2D eigenvalue weighted by atomic mass is 19.1. The Morgan fingerprint density at radius 3 is 2.78 bits per heavy atom. The van der Waals surface area contributed by atoms with Crippen LogP contribution in [0.1, 0.15) is 37.8 Å². The quantitative estimate of drug-likeness (QED) is 0.873. The Kier molecular flexibility index (Phi) is 3.16. The first-order valence-corrected chi connectivity index (χ1v) is 6.25. The molecule has 1 atom stereocenters. The minimum absolute atomic E-state index is 0.218. The van der Waals surface area contributed by atoms with Crippen molar-refractivity contribution in [2.75, 3.05) is 0 Å². The van der Waals surface area contributed by atoms with E-state index in [9.17, 15) is 9.50 Å². The lowest BCUT2D eigenvalue weighted by Crippen LogP contribution is -2.47. The average molecular weight is 247 g/mol. The maximum atomic E-state index is 13.2. The fourth-order valence-corrected chi connectivity index (χ4v) is 2.87. The fourth-order valence-electron chi connectivity index (χ4n) is 2.87. The molecule has 1 aromatic carbocycles. The summed E-state index contributed by atoms with van der Waals surface area (Å²) in [6, 6.07) is 6.99. The topological polar surface area (TPSA) is 44.0 Å². The maximum absolute atomic E-state index is 13.2. The molecule has 1 aliphatic rings. The molecule has 0 spiro atoms. The van der Waals surface area contributed by atoms with Gasteiger partial charge in [0.15, 0.2) is 0 Å². The van der Waals surface area contributed by atoms with Gasteiger partial charge in [-0.15, -0.1) is 0 Å². The van der Waals surface area contributed by atoms with Crippen LogP contribution in [0, 0.1) is 22.6 Å². The van der Waals surface area contributed by atoms with Crippen LogP contribution in [0.4, 0.5) is 4.39 Å². The third-order valence-electron chi connectivity index (χ3n) is 4.29. The lowest BCUT2D eigenvalue weighted by Gasteiger charge is -2.45. The highest BCUT2D eigenvalue weighted by Crippen LogP contribution is 2.46. The highest BCUT2D eigenvalue weighted by Gasteiger charge is 2.45. The summed E-state index contributed by atoms with van der Waals surface area (Å²) in [5.74, 6) is -0.218. The Hall–Kier alpha value is -1.40. The predicted octanol–water partition coefficient (Wildman–Crippen LogP) is 2.99. The van der Waals surface area contributed by atoms with Crippen molar-refractivity contribution < 1.29 is 9.50 Å². The number of halogens is 1. The van der Waals surface area contributed by atoms with Crippen LogP contribution in [0.3, 0.4) is 0 Å². The number of aliphatic hydroxyl groups is 1. The molecule has 3 heteroatoms. The standard InChI is InChI=1S/C15H18FNO/c1-14(2,18)15(7-8-17)6-5-11-9-13(16)4-3-12(11)10-15/h3-4,9,18H,5-7,10H2,1-2H3/t15-/m1/s1. The molecule has 0 aromatic heterocycles. The van der Waals surface area contributed by atoms with Gasteiger partial charge in [0, 0.05) is 11.8 Å². The fraction of sp³-hybridized carbons (Fsp3) is 0.533. The molecule has 96 valence electrons. The first kappa shape index (κ1) is 13.0. The van der Waals surface area contributed by atoms with Crippen molar-refractivity contribution in [1.29, 1.82) is 5.26 Å². The van der Waals surface area contributed by atoms with Crippen LogP contribution < -0.4 is 0 Å². The second-order valence-corrected chi connectivity index (χ2v) is 5.76. The number of hydrogen-bond acceptors (Lipinski definition) is 2. The molecule has 0 saturated carbocycles. The Morgan fingerprint density at radius 2 is 2.17 bits per heavy atom. The minimum Gasteiger partial charge on any atom is -0.390 e.